The molecule has 1 atom stereocenters. The van der Waals surface area contributed by atoms with Crippen LogP contribution in [0.3, 0.4) is 0 Å². The molecular weight excluding hydrogens is 258 g/mol. The summed E-state index contributed by atoms with van der Waals surface area (Å²) >= 11 is 5.45. The van der Waals surface area contributed by atoms with Crippen LogP contribution in [0.2, 0.25) is 0 Å². The predicted molar refractivity (Wildman–Crippen MR) is 79.3 cm³/mol. The van der Waals surface area contributed by atoms with Gasteiger partial charge < -0.3 is 19.2 Å². The molecule has 0 radical (unpaired) electrons. The number of rotatable bonds is 3. The molecule has 2 aromatic rings. The van der Waals surface area contributed by atoms with Crippen LogP contribution in [-0.4, -0.2) is 41.2 Å². The SMILES string of the molecule is COc1ccc2c(c1)[nH]c(=S)n2CC1CCCN1C. The highest BCUT2D eigenvalue weighted by Gasteiger charge is 2.22. The van der Waals surface area contributed by atoms with Gasteiger partial charge in [-0.25, -0.2) is 0 Å². The van der Waals surface area contributed by atoms with Crippen molar-refractivity contribution in [2.75, 3.05) is 20.7 Å². The van der Waals surface area contributed by atoms with Crippen molar-refractivity contribution in [1.82, 2.24) is 14.5 Å². The fourth-order valence-electron chi connectivity index (χ4n) is 2.87. The lowest BCUT2D eigenvalue weighted by atomic mass is 10.2. The highest BCUT2D eigenvalue weighted by Crippen LogP contribution is 2.23. The molecule has 102 valence electrons. The van der Waals surface area contributed by atoms with E-state index in [2.05, 4.69) is 27.6 Å². The van der Waals surface area contributed by atoms with Crippen molar-refractivity contribution in [1.29, 1.82) is 0 Å². The quantitative estimate of drug-likeness (QED) is 0.876. The Morgan fingerprint density at radius 1 is 1.47 bits per heavy atom. The van der Waals surface area contributed by atoms with Crippen molar-refractivity contribution < 1.29 is 4.74 Å². The van der Waals surface area contributed by atoms with Crippen LogP contribution in [0.1, 0.15) is 12.8 Å². The topological polar surface area (TPSA) is 33.2 Å². The van der Waals surface area contributed by atoms with Crippen molar-refractivity contribution in [3.8, 4) is 5.75 Å². The second-order valence-corrected chi connectivity index (χ2v) is 5.59. The molecule has 0 spiro atoms. The predicted octanol–water partition coefficient (Wildman–Crippen LogP) is 2.80. The maximum atomic E-state index is 5.45. The molecule has 0 saturated carbocycles. The molecule has 1 aliphatic heterocycles. The van der Waals surface area contributed by atoms with E-state index < -0.39 is 0 Å². The van der Waals surface area contributed by atoms with Crippen LogP contribution < -0.4 is 4.74 Å². The highest BCUT2D eigenvalue weighted by atomic mass is 32.1. The Morgan fingerprint density at radius 2 is 2.32 bits per heavy atom. The first-order valence-corrected chi connectivity index (χ1v) is 7.06. The summed E-state index contributed by atoms with van der Waals surface area (Å²) < 4.78 is 8.25. The van der Waals surface area contributed by atoms with E-state index in [1.165, 1.54) is 19.4 Å². The van der Waals surface area contributed by atoms with E-state index in [4.69, 9.17) is 17.0 Å². The summed E-state index contributed by atoms with van der Waals surface area (Å²) in [5, 5.41) is 0. The van der Waals surface area contributed by atoms with Crippen molar-refractivity contribution >= 4 is 23.3 Å². The molecule has 0 amide bonds. The van der Waals surface area contributed by atoms with Crippen LogP contribution in [0.5, 0.6) is 5.75 Å². The zero-order valence-corrected chi connectivity index (χ0v) is 12.2. The number of hydrogen-bond donors (Lipinski definition) is 1. The van der Waals surface area contributed by atoms with E-state index in [0.717, 1.165) is 28.1 Å². The number of imidazole rings is 1. The van der Waals surface area contributed by atoms with Crippen LogP contribution in [-0.2, 0) is 6.54 Å². The van der Waals surface area contributed by atoms with Crippen molar-refractivity contribution in [2.45, 2.75) is 25.4 Å². The fraction of sp³-hybridized carbons (Fsp3) is 0.500. The Labute approximate surface area is 118 Å². The van der Waals surface area contributed by atoms with Crippen LogP contribution in [0.25, 0.3) is 11.0 Å². The van der Waals surface area contributed by atoms with E-state index in [9.17, 15) is 0 Å². The molecule has 19 heavy (non-hydrogen) atoms. The smallest absolute Gasteiger partial charge is 0.178 e. The molecule has 0 aliphatic carbocycles. The van der Waals surface area contributed by atoms with Gasteiger partial charge in [-0.05, 0) is 50.8 Å². The molecule has 0 bridgehead atoms. The standard InChI is InChI=1S/C14H19N3OS/c1-16-7-3-4-10(16)9-17-13-6-5-11(18-2)8-12(13)15-14(17)19/h5-6,8,10H,3-4,7,9H2,1-2H3,(H,15,19). The van der Waals surface area contributed by atoms with Gasteiger partial charge in [0, 0.05) is 18.7 Å². The number of H-pyrrole nitrogens is 1. The van der Waals surface area contributed by atoms with Crippen molar-refractivity contribution in [3.05, 3.63) is 23.0 Å². The van der Waals surface area contributed by atoms with Gasteiger partial charge >= 0.3 is 0 Å². The van der Waals surface area contributed by atoms with Gasteiger partial charge in [-0.1, -0.05) is 0 Å². The lowest BCUT2D eigenvalue weighted by molar-refractivity contribution is 0.283. The van der Waals surface area contributed by atoms with Gasteiger partial charge in [0.15, 0.2) is 4.77 Å². The fourth-order valence-corrected chi connectivity index (χ4v) is 3.15. The molecule has 2 heterocycles. The van der Waals surface area contributed by atoms with Crippen molar-refractivity contribution in [2.24, 2.45) is 0 Å². The molecule has 1 aromatic heterocycles. The Balaban J connectivity index is 1.98. The van der Waals surface area contributed by atoms with Gasteiger partial charge in [0.25, 0.3) is 0 Å². The number of methoxy groups -OCH3 is 1. The minimum Gasteiger partial charge on any atom is -0.497 e. The lowest BCUT2D eigenvalue weighted by Crippen LogP contribution is -2.29. The zero-order valence-electron chi connectivity index (χ0n) is 11.3. The third kappa shape index (κ3) is 2.28. The number of nitrogens with zero attached hydrogens (tertiary/aromatic N) is 2. The normalized spacial score (nSPS) is 20.2. The first-order chi connectivity index (χ1) is 9.19. The number of likely N-dealkylation sites (tertiary alicyclic amines) is 1. The van der Waals surface area contributed by atoms with Crippen LogP contribution in [0, 0.1) is 4.77 Å². The summed E-state index contributed by atoms with van der Waals surface area (Å²) in [5.74, 6) is 0.855. The summed E-state index contributed by atoms with van der Waals surface area (Å²) in [6.45, 7) is 2.15. The molecule has 1 aromatic carbocycles. The van der Waals surface area contributed by atoms with Crippen molar-refractivity contribution in [3.63, 3.8) is 0 Å². The number of ether oxygens (including phenoxy) is 1. The lowest BCUT2D eigenvalue weighted by Gasteiger charge is -2.20. The summed E-state index contributed by atoms with van der Waals surface area (Å²) in [5.41, 5.74) is 2.20. The number of benzene rings is 1. The second-order valence-electron chi connectivity index (χ2n) is 5.20. The molecule has 3 rings (SSSR count). The number of nitrogens with one attached hydrogen (secondary N) is 1. The van der Waals surface area contributed by atoms with E-state index in [1.807, 2.05) is 12.1 Å². The second kappa shape index (κ2) is 4.98. The minimum absolute atomic E-state index is 0.591. The Hall–Kier alpha value is -1.33. The highest BCUT2D eigenvalue weighted by molar-refractivity contribution is 7.71. The number of hydrogen-bond acceptors (Lipinski definition) is 3. The Bertz CT molecular complexity index is 646. The third-order valence-electron chi connectivity index (χ3n) is 4.05. The molecule has 1 unspecified atom stereocenters. The van der Waals surface area contributed by atoms with E-state index in [1.54, 1.807) is 7.11 Å². The molecule has 1 N–H and O–H groups in total. The third-order valence-corrected chi connectivity index (χ3v) is 4.37. The first-order valence-electron chi connectivity index (χ1n) is 6.66. The zero-order chi connectivity index (χ0) is 13.4. The van der Waals surface area contributed by atoms with Gasteiger partial charge in [0.1, 0.15) is 5.75 Å². The van der Waals surface area contributed by atoms with Crippen LogP contribution >= 0.6 is 12.2 Å². The van der Waals surface area contributed by atoms with Crippen LogP contribution in [0.4, 0.5) is 0 Å². The monoisotopic (exact) mass is 277 g/mol. The molecule has 1 aliphatic rings. The number of likely N-dealkylation sites (N-methyl/N-ethyl adjacent to an activating group) is 1. The maximum absolute atomic E-state index is 5.45. The van der Waals surface area contributed by atoms with E-state index in [0.29, 0.717) is 6.04 Å². The summed E-state index contributed by atoms with van der Waals surface area (Å²) in [4.78, 5) is 5.69. The van der Waals surface area contributed by atoms with Gasteiger partial charge in [-0.15, -0.1) is 0 Å². The van der Waals surface area contributed by atoms with Gasteiger partial charge in [0.05, 0.1) is 18.1 Å². The average Bonchev–Trinajstić information content (AvgIpc) is 2.94. The Kier molecular flexibility index (Phi) is 3.33. The summed E-state index contributed by atoms with van der Waals surface area (Å²) in [6.07, 6.45) is 2.53. The number of aromatic amines is 1. The molecular formula is C14H19N3OS. The van der Waals surface area contributed by atoms with Gasteiger partial charge in [0.2, 0.25) is 0 Å². The first kappa shape index (κ1) is 12.7. The molecule has 4 nitrogen and oxygen atoms in total. The van der Waals surface area contributed by atoms with E-state index in [-0.39, 0.29) is 0 Å². The molecule has 1 fully saturated rings. The molecule has 1 saturated heterocycles. The van der Waals surface area contributed by atoms with Gasteiger partial charge in [-0.3, -0.25) is 0 Å². The average molecular weight is 277 g/mol. The summed E-state index contributed by atoms with van der Waals surface area (Å²) in [7, 11) is 3.87. The van der Waals surface area contributed by atoms with Crippen LogP contribution in [0.15, 0.2) is 18.2 Å². The number of fused-ring (bicyclic) bond motifs is 1. The largest absolute Gasteiger partial charge is 0.497 e. The number of aromatic nitrogens is 2. The Morgan fingerprint density at radius 3 is 3.00 bits per heavy atom. The maximum Gasteiger partial charge on any atom is 0.178 e. The summed E-state index contributed by atoms with van der Waals surface area (Å²) in [6, 6.07) is 6.66. The van der Waals surface area contributed by atoms with E-state index >= 15 is 0 Å². The van der Waals surface area contributed by atoms with Gasteiger partial charge in [-0.2, -0.15) is 0 Å². The molecule has 5 heteroatoms. The minimum atomic E-state index is 0.591.